The molecule has 0 radical (unpaired) electrons. The van der Waals surface area contributed by atoms with E-state index in [9.17, 15) is 0 Å². The highest BCUT2D eigenvalue weighted by atomic mass is 16.3. The van der Waals surface area contributed by atoms with Crippen LogP contribution in [-0.2, 0) is 0 Å². The van der Waals surface area contributed by atoms with Crippen LogP contribution in [0.4, 0.5) is 0 Å². The fourth-order valence-electron chi connectivity index (χ4n) is 2.08. The lowest BCUT2D eigenvalue weighted by atomic mass is 10.0. The topological polar surface area (TPSA) is 25.2 Å². The zero-order valence-electron chi connectivity index (χ0n) is 10.7. The first-order valence-electron chi connectivity index (χ1n) is 6.57. The molecular formula is C14H25NO. The van der Waals surface area contributed by atoms with Gasteiger partial charge < -0.3 is 9.73 Å². The summed E-state index contributed by atoms with van der Waals surface area (Å²) in [7, 11) is 2.02. The van der Waals surface area contributed by atoms with Crippen molar-refractivity contribution < 1.29 is 4.42 Å². The third-order valence-electron chi connectivity index (χ3n) is 3.14. The molecular weight excluding hydrogens is 198 g/mol. The van der Waals surface area contributed by atoms with Gasteiger partial charge in [0.25, 0.3) is 0 Å². The van der Waals surface area contributed by atoms with Crippen molar-refractivity contribution in [1.82, 2.24) is 5.32 Å². The third-order valence-corrected chi connectivity index (χ3v) is 3.14. The Kier molecular flexibility index (Phi) is 6.98. The van der Waals surface area contributed by atoms with E-state index in [-0.39, 0.29) is 0 Å². The van der Waals surface area contributed by atoms with E-state index in [0.29, 0.717) is 6.04 Å². The highest BCUT2D eigenvalue weighted by Gasteiger charge is 2.09. The van der Waals surface area contributed by atoms with Gasteiger partial charge >= 0.3 is 0 Å². The first-order valence-corrected chi connectivity index (χ1v) is 6.57. The molecule has 0 aliphatic rings. The molecule has 0 amide bonds. The molecule has 0 bridgehead atoms. The van der Waals surface area contributed by atoms with Crippen LogP contribution in [0, 0.1) is 0 Å². The summed E-state index contributed by atoms with van der Waals surface area (Å²) < 4.78 is 5.12. The lowest BCUT2D eigenvalue weighted by Crippen LogP contribution is -2.15. The number of rotatable bonds is 9. The van der Waals surface area contributed by atoms with Crippen molar-refractivity contribution in [3.63, 3.8) is 0 Å². The quantitative estimate of drug-likeness (QED) is 0.632. The summed E-state index contributed by atoms with van der Waals surface area (Å²) in [6.07, 6.45) is 13.0. The smallest absolute Gasteiger partial charge is 0.0950 e. The average Bonchev–Trinajstić information content (AvgIpc) is 2.82. The van der Waals surface area contributed by atoms with Crippen molar-refractivity contribution >= 4 is 0 Å². The second kappa shape index (κ2) is 8.40. The molecule has 1 aromatic heterocycles. The van der Waals surface area contributed by atoms with Crippen LogP contribution < -0.4 is 5.32 Å². The number of nitrogens with one attached hydrogen (secondary N) is 1. The predicted octanol–water partition coefficient (Wildman–Crippen LogP) is 4.29. The molecule has 1 N–H and O–H groups in total. The van der Waals surface area contributed by atoms with E-state index in [1.165, 1.54) is 50.5 Å². The molecule has 16 heavy (non-hydrogen) atoms. The van der Waals surface area contributed by atoms with E-state index in [0.717, 1.165) is 0 Å². The minimum Gasteiger partial charge on any atom is -0.472 e. The van der Waals surface area contributed by atoms with Gasteiger partial charge in [-0.15, -0.1) is 0 Å². The molecule has 1 rings (SSSR count). The number of hydrogen-bond donors (Lipinski definition) is 1. The van der Waals surface area contributed by atoms with Gasteiger partial charge in [0.2, 0.25) is 0 Å². The molecule has 0 aromatic carbocycles. The highest BCUT2D eigenvalue weighted by Crippen LogP contribution is 2.20. The molecule has 1 heterocycles. The van der Waals surface area contributed by atoms with E-state index in [1.54, 1.807) is 6.26 Å². The van der Waals surface area contributed by atoms with Gasteiger partial charge in [-0.1, -0.05) is 45.4 Å². The maximum atomic E-state index is 5.12. The monoisotopic (exact) mass is 223 g/mol. The highest BCUT2D eigenvalue weighted by molar-refractivity contribution is 5.10. The number of unbranched alkanes of at least 4 members (excludes halogenated alkanes) is 5. The fourth-order valence-corrected chi connectivity index (χ4v) is 2.08. The van der Waals surface area contributed by atoms with Crippen LogP contribution in [-0.4, -0.2) is 7.05 Å². The largest absolute Gasteiger partial charge is 0.472 e. The molecule has 0 aliphatic heterocycles. The molecule has 1 unspecified atom stereocenters. The molecule has 0 fully saturated rings. The van der Waals surface area contributed by atoms with Crippen LogP contribution in [0.25, 0.3) is 0 Å². The Morgan fingerprint density at radius 2 is 1.94 bits per heavy atom. The minimum absolute atomic E-state index is 0.463. The first-order chi connectivity index (χ1) is 7.88. The van der Waals surface area contributed by atoms with Crippen molar-refractivity contribution in [2.75, 3.05) is 7.05 Å². The van der Waals surface area contributed by atoms with Crippen molar-refractivity contribution in [3.05, 3.63) is 24.2 Å². The SMILES string of the molecule is CCCCCCCCC(NC)c1ccoc1. The Bertz CT molecular complexity index is 243. The van der Waals surface area contributed by atoms with E-state index in [1.807, 2.05) is 13.3 Å². The van der Waals surface area contributed by atoms with Crippen LogP contribution >= 0.6 is 0 Å². The summed E-state index contributed by atoms with van der Waals surface area (Å²) in [4.78, 5) is 0. The summed E-state index contributed by atoms with van der Waals surface area (Å²) in [5, 5.41) is 3.35. The van der Waals surface area contributed by atoms with Crippen LogP contribution in [0.5, 0.6) is 0 Å². The lowest BCUT2D eigenvalue weighted by Gasteiger charge is -2.13. The number of furan rings is 1. The van der Waals surface area contributed by atoms with Crippen molar-refractivity contribution in [3.8, 4) is 0 Å². The summed E-state index contributed by atoms with van der Waals surface area (Å²) in [6.45, 7) is 2.26. The van der Waals surface area contributed by atoms with Crippen molar-refractivity contribution in [2.24, 2.45) is 0 Å². The van der Waals surface area contributed by atoms with Crippen LogP contribution in [0.3, 0.4) is 0 Å². The maximum absolute atomic E-state index is 5.12. The van der Waals surface area contributed by atoms with E-state index in [2.05, 4.69) is 18.3 Å². The maximum Gasteiger partial charge on any atom is 0.0950 e. The van der Waals surface area contributed by atoms with Gasteiger partial charge in [-0.2, -0.15) is 0 Å². The van der Waals surface area contributed by atoms with Crippen LogP contribution in [0.2, 0.25) is 0 Å². The molecule has 2 heteroatoms. The fraction of sp³-hybridized carbons (Fsp3) is 0.714. The molecule has 0 aliphatic carbocycles. The first kappa shape index (κ1) is 13.3. The van der Waals surface area contributed by atoms with E-state index in [4.69, 9.17) is 4.42 Å². The van der Waals surface area contributed by atoms with E-state index >= 15 is 0 Å². The normalized spacial score (nSPS) is 12.9. The molecule has 2 nitrogen and oxygen atoms in total. The van der Waals surface area contributed by atoms with Gasteiger partial charge in [0, 0.05) is 11.6 Å². The summed E-state index contributed by atoms with van der Waals surface area (Å²) in [6, 6.07) is 2.52. The molecule has 92 valence electrons. The molecule has 1 aromatic rings. The summed E-state index contributed by atoms with van der Waals surface area (Å²) in [5.41, 5.74) is 1.27. The number of hydrogen-bond acceptors (Lipinski definition) is 2. The van der Waals surface area contributed by atoms with Gasteiger partial charge in [0.05, 0.1) is 12.5 Å². The second-order valence-electron chi connectivity index (χ2n) is 4.45. The summed E-state index contributed by atoms with van der Waals surface area (Å²) >= 11 is 0. The van der Waals surface area contributed by atoms with Crippen LogP contribution in [0.15, 0.2) is 23.0 Å². The summed E-state index contributed by atoms with van der Waals surface area (Å²) in [5.74, 6) is 0. The molecule has 1 atom stereocenters. The second-order valence-corrected chi connectivity index (χ2v) is 4.45. The molecule has 0 saturated carbocycles. The average molecular weight is 223 g/mol. The van der Waals surface area contributed by atoms with Crippen molar-refractivity contribution in [2.45, 2.75) is 57.9 Å². The predicted molar refractivity (Wildman–Crippen MR) is 68.5 cm³/mol. The van der Waals surface area contributed by atoms with Crippen LogP contribution in [0.1, 0.15) is 63.5 Å². The van der Waals surface area contributed by atoms with Gasteiger partial charge in [0.1, 0.15) is 0 Å². The van der Waals surface area contributed by atoms with E-state index < -0.39 is 0 Å². The Hall–Kier alpha value is -0.760. The standard InChI is InChI=1S/C14H25NO/c1-3-4-5-6-7-8-9-14(15-2)13-10-11-16-12-13/h10-12,14-15H,3-9H2,1-2H3. The minimum atomic E-state index is 0.463. The van der Waals surface area contributed by atoms with Gasteiger partial charge in [-0.25, -0.2) is 0 Å². The lowest BCUT2D eigenvalue weighted by molar-refractivity contribution is 0.489. The third kappa shape index (κ3) is 4.84. The van der Waals surface area contributed by atoms with Gasteiger partial charge in [-0.3, -0.25) is 0 Å². The zero-order chi connectivity index (χ0) is 11.6. The Morgan fingerprint density at radius 1 is 1.19 bits per heavy atom. The molecule has 0 spiro atoms. The van der Waals surface area contributed by atoms with Gasteiger partial charge in [0.15, 0.2) is 0 Å². The Labute approximate surface area is 99.4 Å². The van der Waals surface area contributed by atoms with Crippen molar-refractivity contribution in [1.29, 1.82) is 0 Å². The zero-order valence-corrected chi connectivity index (χ0v) is 10.7. The Balaban J connectivity index is 2.11. The van der Waals surface area contributed by atoms with Gasteiger partial charge in [-0.05, 0) is 19.5 Å². The molecule has 0 saturated heterocycles. The Morgan fingerprint density at radius 3 is 2.56 bits per heavy atom.